The lowest BCUT2D eigenvalue weighted by Gasteiger charge is -2.30. The number of carbonyl (C=O) groups excluding carboxylic acids is 8. The van der Waals surface area contributed by atoms with Gasteiger partial charge in [-0.1, -0.05) is 68.2 Å². The van der Waals surface area contributed by atoms with Gasteiger partial charge in [0.2, 0.25) is 29.5 Å². The highest BCUT2D eigenvalue weighted by Gasteiger charge is 2.16. The molecule has 0 aromatic carbocycles. The molecule has 29 heteroatoms. The summed E-state index contributed by atoms with van der Waals surface area (Å²) in [6.45, 7) is 61.8. The lowest BCUT2D eigenvalue weighted by molar-refractivity contribution is -0.122. The van der Waals surface area contributed by atoms with Crippen LogP contribution in [0.3, 0.4) is 0 Å². The van der Waals surface area contributed by atoms with Crippen molar-refractivity contribution in [3.63, 3.8) is 0 Å². The standard InChI is InChI=1S/C18H41N5O.C15H32N2O.C12H26N2O.C11H25N3O.C11H24N2O.C10H21N3O.C10H16N2O.C8H18N2O/c1-2-9-18(24)22-12-6-4-8-16-23(15-7-3-5-10-19)17-14-21-13-11-20;1-6-8-15(18)9-7-10-16-11-12-17(13(2)3)14(4)5;1-6-7-12(15)13-8-9-14(10(2)3)11(4)5;1-2-4-11(15)5-3-8-14(9-6-12)10-7-13;1-4-6-11(14)7-5-8-12-9-10-13(2)3;1-2-3-10(14)12-6-9-13-7-4-11-5-8-13;1-2-3-10(13)12-7-5-9-4-6-11-8-9;1-4-5-8(11)9-6-7-10(2)3/h21H,2-17,19-20H2,1H3,(H,22,24);13-14,16H,6-12H2,1-5H3;10-11H,6-9H2,1-5H3,(H,13,15);2-10,12-13H2,1H3;12H,4-10H2,1-3H3;11H,2-9H2,1H3,(H,12,14);6,8H,2-5,7H2,1H3,(H,12,13);4-7H2,1-3H3,(H,9,11). The van der Waals surface area contributed by atoms with Crippen molar-refractivity contribution >= 4 is 53.1 Å². The van der Waals surface area contributed by atoms with Crippen LogP contribution in [0.5, 0.6) is 0 Å². The molecule has 2 heterocycles. The Balaban J connectivity index is -0.000000324. The smallest absolute Gasteiger partial charge is 0.220 e. The molecule has 1 fully saturated rings. The number of Topliss-reactive ketones (excluding diaryl/α,β-unsaturated/α-hetero) is 3. The molecule has 0 aliphatic carbocycles. The van der Waals surface area contributed by atoms with Crippen molar-refractivity contribution in [3.05, 3.63) is 11.8 Å². The number of amides is 5. The summed E-state index contributed by atoms with van der Waals surface area (Å²) in [4.78, 5) is 110. The SMILES string of the molecule is CCCC(=O)CCCN(CCN)CCN.CCCC(=O)CCCNCCN(C(C)C)C(C)C.CCCC(=O)CCCNCCN(C)C.CCCC(=O)NCCC1=CN=CC1.CCCC(=O)NCCCCCN(CCCCCN)CCNCCN.CCCC(=O)NCCN(C(C)C)C(C)C.CCCC(=O)NCCN(C)C.CCCC(=O)NCCN1CCNCC1. The first-order valence-electron chi connectivity index (χ1n) is 49.1. The highest BCUT2D eigenvalue weighted by molar-refractivity contribution is 5.79. The van der Waals surface area contributed by atoms with E-state index in [2.05, 4.69) is 159 Å². The highest BCUT2D eigenvalue weighted by Crippen LogP contribution is 2.11. The average molecular weight is 1770 g/mol. The van der Waals surface area contributed by atoms with Crippen molar-refractivity contribution in [3.8, 4) is 0 Å². The van der Waals surface area contributed by atoms with Gasteiger partial charge in [0.25, 0.3) is 0 Å². The lowest BCUT2D eigenvalue weighted by Crippen LogP contribution is -2.46. The number of hydrogen-bond acceptors (Lipinski definition) is 24. The van der Waals surface area contributed by atoms with Crippen LogP contribution >= 0.6 is 0 Å². The summed E-state index contributed by atoms with van der Waals surface area (Å²) in [5, 5.41) is 28.0. The molecular weight excluding hydrogens is 1560 g/mol. The third-order valence-electron chi connectivity index (χ3n) is 19.9. The van der Waals surface area contributed by atoms with Gasteiger partial charge in [-0.25, -0.2) is 0 Å². The Hall–Kier alpha value is -4.83. The molecule has 0 spiro atoms. The van der Waals surface area contributed by atoms with Crippen molar-refractivity contribution < 1.29 is 38.4 Å². The van der Waals surface area contributed by atoms with Gasteiger partial charge >= 0.3 is 0 Å². The van der Waals surface area contributed by atoms with Crippen molar-refractivity contribution in [2.45, 2.75) is 328 Å². The number of carbonyl (C=O) groups is 8. The van der Waals surface area contributed by atoms with Crippen LogP contribution in [0.25, 0.3) is 0 Å². The fourth-order valence-electron chi connectivity index (χ4n) is 13.1. The van der Waals surface area contributed by atoms with Crippen molar-refractivity contribution in [2.24, 2.45) is 27.9 Å². The van der Waals surface area contributed by atoms with E-state index < -0.39 is 0 Å². The molecule has 1 saturated heterocycles. The second-order valence-electron chi connectivity index (χ2n) is 34.0. The van der Waals surface area contributed by atoms with Gasteiger partial charge in [0.05, 0.1) is 0 Å². The van der Waals surface area contributed by atoms with Gasteiger partial charge in [-0.2, -0.15) is 0 Å². The summed E-state index contributed by atoms with van der Waals surface area (Å²) in [6, 6.07) is 2.26. The quantitative estimate of drug-likeness (QED) is 0.0252. The third-order valence-corrected chi connectivity index (χ3v) is 19.9. The third kappa shape index (κ3) is 101. The van der Waals surface area contributed by atoms with Crippen LogP contribution < -0.4 is 70.8 Å². The molecule has 0 bridgehead atoms. The minimum Gasteiger partial charge on any atom is -0.356 e. The summed E-state index contributed by atoms with van der Waals surface area (Å²) in [7, 11) is 8.11. The maximum absolute atomic E-state index is 11.4. The van der Waals surface area contributed by atoms with Gasteiger partial charge in [-0.3, -0.25) is 58.0 Å². The fraction of sp³-hybridized carbons (Fsp3) is 0.884. The Labute approximate surface area is 761 Å². The van der Waals surface area contributed by atoms with Crippen molar-refractivity contribution in [1.82, 2.24) is 82.2 Å². The summed E-state index contributed by atoms with van der Waals surface area (Å²) in [6.07, 6.45) is 30.6. The minimum absolute atomic E-state index is 0.155. The number of likely N-dealkylation sites (N-methyl/N-ethyl adjacent to an activating group) is 2. The molecule has 17 N–H and O–H groups in total. The van der Waals surface area contributed by atoms with E-state index in [0.717, 1.165) is 299 Å². The Kier molecular flexibility index (Phi) is 105. The van der Waals surface area contributed by atoms with Crippen LogP contribution in [-0.2, 0) is 38.4 Å². The molecule has 0 aromatic heterocycles. The van der Waals surface area contributed by atoms with Gasteiger partial charge in [0, 0.05) is 271 Å². The molecule has 736 valence electrons. The highest BCUT2D eigenvalue weighted by atomic mass is 16.2. The maximum Gasteiger partial charge on any atom is 0.220 e. The van der Waals surface area contributed by atoms with Gasteiger partial charge in [-0.05, 0) is 231 Å². The lowest BCUT2D eigenvalue weighted by atomic mass is 10.1. The molecule has 0 saturated carbocycles. The second-order valence-corrected chi connectivity index (χ2v) is 34.0. The van der Waals surface area contributed by atoms with E-state index in [-0.39, 0.29) is 29.5 Å². The molecule has 2 rings (SSSR count). The summed E-state index contributed by atoms with van der Waals surface area (Å²) in [5.41, 5.74) is 23.3. The van der Waals surface area contributed by atoms with Gasteiger partial charge in [-0.15, -0.1) is 0 Å². The molecule has 2 aliphatic heterocycles. The molecule has 0 radical (unpaired) electrons. The number of aliphatic imine (C=N–C) groups is 1. The minimum atomic E-state index is 0.155. The van der Waals surface area contributed by atoms with Crippen LogP contribution in [0.2, 0.25) is 0 Å². The number of ketones is 3. The van der Waals surface area contributed by atoms with Crippen LogP contribution in [0.4, 0.5) is 0 Å². The number of nitrogens with one attached hydrogen (secondary N) is 9. The predicted molar refractivity (Wildman–Crippen MR) is 529 cm³/mol. The van der Waals surface area contributed by atoms with Crippen LogP contribution in [-0.4, -0.2) is 336 Å². The van der Waals surface area contributed by atoms with E-state index in [4.69, 9.17) is 22.9 Å². The molecule has 0 atom stereocenters. The molecule has 29 nitrogen and oxygen atoms in total. The van der Waals surface area contributed by atoms with E-state index >= 15 is 0 Å². The summed E-state index contributed by atoms with van der Waals surface area (Å²) >= 11 is 0. The van der Waals surface area contributed by atoms with E-state index in [1.807, 2.05) is 79.9 Å². The van der Waals surface area contributed by atoms with Crippen LogP contribution in [0.1, 0.15) is 303 Å². The maximum atomic E-state index is 11.4. The van der Waals surface area contributed by atoms with Gasteiger partial charge in [0.15, 0.2) is 0 Å². The Morgan fingerprint density at radius 2 is 0.710 bits per heavy atom. The molecular formula is C95H203N21O8. The van der Waals surface area contributed by atoms with E-state index in [9.17, 15) is 38.4 Å². The van der Waals surface area contributed by atoms with Crippen LogP contribution in [0.15, 0.2) is 16.8 Å². The normalized spacial score (nSPS) is 12.3. The number of hydrogen-bond donors (Lipinski definition) is 13. The molecule has 5 amide bonds. The monoisotopic (exact) mass is 1770 g/mol. The number of rotatable bonds is 70. The number of nitrogens with two attached hydrogens (primary N) is 4. The Morgan fingerprint density at radius 3 is 1.10 bits per heavy atom. The second kappa shape index (κ2) is 100. The number of nitrogens with zero attached hydrogens (tertiary/aromatic N) is 8. The zero-order chi connectivity index (χ0) is 94.5. The Bertz CT molecular complexity index is 2420. The molecule has 124 heavy (non-hydrogen) atoms. The zero-order valence-corrected chi connectivity index (χ0v) is 84.0. The first-order valence-corrected chi connectivity index (χ1v) is 49.1. The molecule has 0 aromatic rings. The average Bonchev–Trinajstić information content (AvgIpc) is 1.10. The first-order chi connectivity index (χ1) is 59.4. The number of piperazine rings is 1. The largest absolute Gasteiger partial charge is 0.356 e. The number of unbranched alkanes of at least 4 members (excludes halogenated alkanes) is 4. The van der Waals surface area contributed by atoms with Gasteiger partial charge in [0.1, 0.15) is 17.3 Å². The van der Waals surface area contributed by atoms with Gasteiger partial charge < -0.3 is 90.4 Å². The zero-order valence-electron chi connectivity index (χ0n) is 84.0. The van der Waals surface area contributed by atoms with E-state index in [0.29, 0.717) is 106 Å². The Morgan fingerprint density at radius 1 is 0.355 bits per heavy atom. The molecule has 0 unspecified atom stereocenters. The predicted octanol–water partition coefficient (Wildman–Crippen LogP) is 9.48. The molecule has 2 aliphatic rings. The van der Waals surface area contributed by atoms with Crippen molar-refractivity contribution in [2.75, 3.05) is 225 Å². The van der Waals surface area contributed by atoms with Crippen LogP contribution in [0, 0.1) is 0 Å². The van der Waals surface area contributed by atoms with E-state index in [1.54, 1.807) is 0 Å². The summed E-state index contributed by atoms with van der Waals surface area (Å²) < 4.78 is 0. The first kappa shape index (κ1) is 130. The van der Waals surface area contributed by atoms with Crippen molar-refractivity contribution in [1.29, 1.82) is 0 Å². The fourth-order valence-corrected chi connectivity index (χ4v) is 13.1. The summed E-state index contributed by atoms with van der Waals surface area (Å²) in [5.74, 6) is 2.04. The topological polar surface area (TPSA) is 384 Å². The van der Waals surface area contributed by atoms with E-state index in [1.165, 1.54) is 31.3 Å².